The number of carbonyl (C=O) groups excluding carboxylic acids is 1. The van der Waals surface area contributed by atoms with Crippen molar-refractivity contribution in [3.63, 3.8) is 0 Å². The van der Waals surface area contributed by atoms with E-state index in [9.17, 15) is 4.79 Å². The van der Waals surface area contributed by atoms with Crippen LogP contribution in [0.4, 0.5) is 5.69 Å². The SMILES string of the molecule is Cc1nc(C2CCCC2)sc1C(=O)Nc1cccc(CO)c1. The third kappa shape index (κ3) is 3.20. The summed E-state index contributed by atoms with van der Waals surface area (Å²) in [6.07, 6.45) is 4.90. The Bertz CT molecular complexity index is 675. The Morgan fingerprint density at radius 2 is 2.18 bits per heavy atom. The fraction of sp³-hybridized carbons (Fsp3) is 0.412. The number of aliphatic hydroxyl groups is 1. The van der Waals surface area contributed by atoms with Gasteiger partial charge in [0, 0.05) is 11.6 Å². The molecule has 2 N–H and O–H groups in total. The zero-order valence-corrected chi connectivity index (χ0v) is 13.4. The third-order valence-electron chi connectivity index (χ3n) is 4.09. The molecule has 0 radical (unpaired) electrons. The van der Waals surface area contributed by atoms with Crippen molar-refractivity contribution in [3.8, 4) is 0 Å². The lowest BCUT2D eigenvalue weighted by Gasteiger charge is -2.05. The largest absolute Gasteiger partial charge is 0.392 e. The molecular weight excluding hydrogens is 296 g/mol. The van der Waals surface area contributed by atoms with Crippen molar-refractivity contribution in [1.82, 2.24) is 4.98 Å². The van der Waals surface area contributed by atoms with E-state index in [0.29, 0.717) is 16.5 Å². The van der Waals surface area contributed by atoms with Gasteiger partial charge in [-0.05, 0) is 37.5 Å². The normalized spacial score (nSPS) is 15.2. The van der Waals surface area contributed by atoms with E-state index in [1.807, 2.05) is 25.1 Å². The van der Waals surface area contributed by atoms with Gasteiger partial charge in [-0.1, -0.05) is 25.0 Å². The van der Waals surface area contributed by atoms with Crippen molar-refractivity contribution >= 4 is 22.9 Å². The lowest BCUT2D eigenvalue weighted by atomic mass is 10.1. The molecule has 0 saturated heterocycles. The van der Waals surface area contributed by atoms with Crippen molar-refractivity contribution in [2.24, 2.45) is 0 Å². The van der Waals surface area contributed by atoms with Gasteiger partial charge in [0.1, 0.15) is 4.88 Å². The Morgan fingerprint density at radius 1 is 1.41 bits per heavy atom. The van der Waals surface area contributed by atoms with Crippen LogP contribution >= 0.6 is 11.3 Å². The van der Waals surface area contributed by atoms with E-state index in [2.05, 4.69) is 10.3 Å². The monoisotopic (exact) mass is 316 g/mol. The fourth-order valence-corrected chi connectivity index (χ4v) is 4.04. The Labute approximate surface area is 134 Å². The molecule has 1 saturated carbocycles. The average Bonchev–Trinajstić information content (AvgIpc) is 3.16. The number of thiazole rings is 1. The number of hydrogen-bond donors (Lipinski definition) is 2. The number of rotatable bonds is 4. The average molecular weight is 316 g/mol. The Hall–Kier alpha value is -1.72. The highest BCUT2D eigenvalue weighted by molar-refractivity contribution is 7.14. The summed E-state index contributed by atoms with van der Waals surface area (Å²) < 4.78 is 0. The molecule has 1 heterocycles. The molecular formula is C17H20N2O2S. The summed E-state index contributed by atoms with van der Waals surface area (Å²) in [6, 6.07) is 7.26. The maximum absolute atomic E-state index is 12.5. The number of aryl methyl sites for hydroxylation is 1. The van der Waals surface area contributed by atoms with Crippen LogP contribution in [-0.2, 0) is 6.61 Å². The van der Waals surface area contributed by atoms with E-state index < -0.39 is 0 Å². The van der Waals surface area contributed by atoms with Crippen LogP contribution in [0, 0.1) is 6.92 Å². The molecule has 1 aliphatic carbocycles. The molecule has 1 fully saturated rings. The molecule has 116 valence electrons. The van der Waals surface area contributed by atoms with Crippen molar-refractivity contribution < 1.29 is 9.90 Å². The van der Waals surface area contributed by atoms with Gasteiger partial charge in [0.05, 0.1) is 17.3 Å². The zero-order valence-electron chi connectivity index (χ0n) is 12.6. The van der Waals surface area contributed by atoms with Crippen LogP contribution in [0.3, 0.4) is 0 Å². The van der Waals surface area contributed by atoms with Crippen molar-refractivity contribution in [2.45, 2.75) is 45.1 Å². The molecule has 1 amide bonds. The second-order valence-corrected chi connectivity index (χ2v) is 6.79. The van der Waals surface area contributed by atoms with Crippen LogP contribution in [0.2, 0.25) is 0 Å². The lowest BCUT2D eigenvalue weighted by molar-refractivity contribution is 0.103. The maximum Gasteiger partial charge on any atom is 0.267 e. The highest BCUT2D eigenvalue weighted by Crippen LogP contribution is 2.37. The molecule has 4 nitrogen and oxygen atoms in total. The molecule has 1 aromatic carbocycles. The molecule has 0 spiro atoms. The lowest BCUT2D eigenvalue weighted by Crippen LogP contribution is -2.11. The summed E-state index contributed by atoms with van der Waals surface area (Å²) in [6.45, 7) is 1.86. The number of carbonyl (C=O) groups is 1. The number of anilines is 1. The number of aliphatic hydroxyl groups excluding tert-OH is 1. The van der Waals surface area contributed by atoms with Gasteiger partial charge in [0.25, 0.3) is 5.91 Å². The number of nitrogens with zero attached hydrogens (tertiary/aromatic N) is 1. The Morgan fingerprint density at radius 3 is 2.91 bits per heavy atom. The second-order valence-electron chi connectivity index (χ2n) is 5.76. The van der Waals surface area contributed by atoms with E-state index in [0.717, 1.165) is 16.3 Å². The Balaban J connectivity index is 1.76. The summed E-state index contributed by atoms with van der Waals surface area (Å²) in [4.78, 5) is 17.8. The first-order chi connectivity index (χ1) is 10.7. The molecule has 0 aliphatic heterocycles. The Kier molecular flexibility index (Phi) is 4.55. The van der Waals surface area contributed by atoms with Crippen molar-refractivity contribution in [3.05, 3.63) is 45.4 Å². The summed E-state index contributed by atoms with van der Waals surface area (Å²) in [5.74, 6) is 0.414. The predicted octanol–water partition coefficient (Wildman–Crippen LogP) is 3.85. The number of aromatic nitrogens is 1. The zero-order chi connectivity index (χ0) is 15.5. The van der Waals surface area contributed by atoms with Crippen LogP contribution in [0.5, 0.6) is 0 Å². The quantitative estimate of drug-likeness (QED) is 0.900. The first-order valence-electron chi connectivity index (χ1n) is 7.66. The van der Waals surface area contributed by atoms with Gasteiger partial charge in [-0.25, -0.2) is 4.98 Å². The van der Waals surface area contributed by atoms with Gasteiger partial charge in [-0.2, -0.15) is 0 Å². The molecule has 1 aromatic heterocycles. The summed E-state index contributed by atoms with van der Waals surface area (Å²) in [5.41, 5.74) is 2.29. The number of benzene rings is 1. The van der Waals surface area contributed by atoms with Crippen LogP contribution in [0.15, 0.2) is 24.3 Å². The number of amides is 1. The first-order valence-corrected chi connectivity index (χ1v) is 8.47. The second kappa shape index (κ2) is 6.58. The van der Waals surface area contributed by atoms with E-state index in [1.165, 1.54) is 37.0 Å². The van der Waals surface area contributed by atoms with Crippen LogP contribution < -0.4 is 5.32 Å². The summed E-state index contributed by atoms with van der Waals surface area (Å²) >= 11 is 1.52. The fourth-order valence-electron chi connectivity index (χ4n) is 2.91. The predicted molar refractivity (Wildman–Crippen MR) is 88.4 cm³/mol. The van der Waals surface area contributed by atoms with Gasteiger partial charge in [-0.15, -0.1) is 11.3 Å². The van der Waals surface area contributed by atoms with E-state index in [-0.39, 0.29) is 12.5 Å². The van der Waals surface area contributed by atoms with E-state index >= 15 is 0 Å². The van der Waals surface area contributed by atoms with Gasteiger partial charge in [0.2, 0.25) is 0 Å². The molecule has 22 heavy (non-hydrogen) atoms. The molecule has 1 aliphatic rings. The van der Waals surface area contributed by atoms with Crippen LogP contribution in [-0.4, -0.2) is 16.0 Å². The topological polar surface area (TPSA) is 62.2 Å². The summed E-state index contributed by atoms with van der Waals surface area (Å²) in [7, 11) is 0. The summed E-state index contributed by atoms with van der Waals surface area (Å²) in [5, 5.41) is 13.2. The number of nitrogens with one attached hydrogen (secondary N) is 1. The third-order valence-corrected chi connectivity index (χ3v) is 5.41. The maximum atomic E-state index is 12.5. The van der Waals surface area contributed by atoms with Gasteiger partial charge >= 0.3 is 0 Å². The van der Waals surface area contributed by atoms with Crippen LogP contribution in [0.25, 0.3) is 0 Å². The van der Waals surface area contributed by atoms with E-state index in [1.54, 1.807) is 6.07 Å². The van der Waals surface area contributed by atoms with Crippen molar-refractivity contribution in [2.75, 3.05) is 5.32 Å². The van der Waals surface area contributed by atoms with Gasteiger partial charge in [-0.3, -0.25) is 4.79 Å². The molecule has 3 rings (SSSR count). The van der Waals surface area contributed by atoms with Crippen molar-refractivity contribution in [1.29, 1.82) is 0 Å². The molecule has 0 bridgehead atoms. The minimum absolute atomic E-state index is 0.0326. The molecule has 0 unspecified atom stereocenters. The first kappa shape index (κ1) is 15.2. The minimum atomic E-state index is -0.116. The number of hydrogen-bond acceptors (Lipinski definition) is 4. The highest BCUT2D eigenvalue weighted by Gasteiger charge is 2.23. The molecule has 2 aromatic rings. The smallest absolute Gasteiger partial charge is 0.267 e. The van der Waals surface area contributed by atoms with Gasteiger partial charge < -0.3 is 10.4 Å². The van der Waals surface area contributed by atoms with E-state index in [4.69, 9.17) is 5.11 Å². The molecule has 5 heteroatoms. The van der Waals surface area contributed by atoms with Crippen LogP contribution in [0.1, 0.15) is 57.5 Å². The minimum Gasteiger partial charge on any atom is -0.392 e. The van der Waals surface area contributed by atoms with Gasteiger partial charge in [0.15, 0.2) is 0 Å². The standard InChI is InChI=1S/C17H20N2O2S/c1-11-15(22-17(18-11)13-6-2-3-7-13)16(21)19-14-8-4-5-12(9-14)10-20/h4-5,8-9,13,20H,2-3,6-7,10H2,1H3,(H,19,21). The molecule has 0 atom stereocenters. The highest BCUT2D eigenvalue weighted by atomic mass is 32.1.